The number of carbonyl (C=O) groups is 1. The van der Waals surface area contributed by atoms with Gasteiger partial charge in [-0.15, -0.1) is 16.4 Å². The van der Waals surface area contributed by atoms with Crippen LogP contribution >= 0.6 is 11.3 Å². The van der Waals surface area contributed by atoms with Crippen molar-refractivity contribution in [3.8, 4) is 16.6 Å². The molecule has 1 aliphatic heterocycles. The van der Waals surface area contributed by atoms with Crippen LogP contribution in [0.2, 0.25) is 0 Å². The third kappa shape index (κ3) is 8.19. The molecule has 4 atom stereocenters. The first kappa shape index (κ1) is 37.4. The Bertz CT molecular complexity index is 1820. The molecule has 1 fully saturated rings. The lowest BCUT2D eigenvalue weighted by Gasteiger charge is -2.51. The van der Waals surface area contributed by atoms with Crippen LogP contribution in [0.4, 0.5) is 23.2 Å². The molecule has 0 spiro atoms. The first-order valence-corrected chi connectivity index (χ1v) is 16.2. The minimum Gasteiger partial charge on any atom is -0.396 e. The summed E-state index contributed by atoms with van der Waals surface area (Å²) in [5, 5.41) is 61.0. The predicted molar refractivity (Wildman–Crippen MR) is 169 cm³/mol. The zero-order valence-electron chi connectivity index (χ0n) is 26.8. The fourth-order valence-electron chi connectivity index (χ4n) is 6.21. The number of carbonyl (C=O) groups excluding carboxylic acids is 1. The minimum absolute atomic E-state index is 0.0268. The van der Waals surface area contributed by atoms with Gasteiger partial charge < -0.3 is 45.4 Å². The van der Waals surface area contributed by atoms with Gasteiger partial charge in [0.15, 0.2) is 13.7 Å². The zero-order valence-corrected chi connectivity index (χ0v) is 27.7. The van der Waals surface area contributed by atoms with Gasteiger partial charge >= 0.3 is 12.3 Å². The molecule has 0 aliphatic carbocycles. The van der Waals surface area contributed by atoms with E-state index in [2.05, 4.69) is 30.6 Å². The average Bonchev–Trinajstić information content (AvgIpc) is 3.72. The monoisotopic (exact) mass is 727 g/mol. The number of nitrogens with one attached hydrogen (secondary N) is 2. The summed E-state index contributed by atoms with van der Waals surface area (Å²) in [6.07, 6.45) is -9.33. The highest BCUT2D eigenvalue weighted by atomic mass is 32.1. The standard InChI is InChI=1S/C29H34BF4N7O8S/c1-4-13-9-18(21(31)19(5-2)41(13)28(30,43)44)36-17-8-6-7-14-15(10-27(32,33)34)23(50-22(14)17)24-37-20(49-39-24)11-35-25(42)16-12-40(3)38-26(16)48-29(45,46)47/h6-8,12-13,18-19,21,36,43-47H,4-5,9-11H2,1-3H3,(H,35,42). The van der Waals surface area contributed by atoms with Gasteiger partial charge in [0.25, 0.3) is 11.8 Å². The number of thiophene rings is 1. The molecule has 270 valence electrons. The Kier molecular flexibility index (Phi) is 10.5. The van der Waals surface area contributed by atoms with Gasteiger partial charge in [0, 0.05) is 25.3 Å². The number of halogens is 4. The lowest BCUT2D eigenvalue weighted by molar-refractivity contribution is -0.420. The number of fused-ring (bicyclic) bond motifs is 1. The number of nitrogens with zero attached hydrogens (tertiary/aromatic N) is 5. The van der Waals surface area contributed by atoms with Gasteiger partial charge in [-0.1, -0.05) is 31.1 Å². The molecule has 4 heterocycles. The fourth-order valence-corrected chi connectivity index (χ4v) is 7.43. The Balaban J connectivity index is 1.43. The van der Waals surface area contributed by atoms with Crippen LogP contribution in [-0.2, 0) is 20.0 Å². The summed E-state index contributed by atoms with van der Waals surface area (Å²) < 4.78 is 68.7. The van der Waals surface area contributed by atoms with Gasteiger partial charge in [0.2, 0.25) is 11.7 Å². The summed E-state index contributed by atoms with van der Waals surface area (Å²) in [5.74, 6) is -4.63. The van der Waals surface area contributed by atoms with Gasteiger partial charge in [-0.25, -0.2) is 4.39 Å². The SMILES string of the molecule is [B]C(O)(O)N1C(CC)CC(Nc2cccc3c(CC(F)(F)F)c(-c4noc(CNC(=O)c5cn(C)nc5OC(O)(O)O)n4)sc23)C(F)C1CC. The molecule has 0 bridgehead atoms. The molecule has 7 N–H and O–H groups in total. The number of hydrogen-bond donors (Lipinski definition) is 7. The quantitative estimate of drug-likeness (QED) is 0.0632. The summed E-state index contributed by atoms with van der Waals surface area (Å²) in [4.78, 5) is 18.1. The molecular weight excluding hydrogens is 693 g/mol. The first-order valence-electron chi connectivity index (χ1n) is 15.3. The highest BCUT2D eigenvalue weighted by Crippen LogP contribution is 2.44. The van der Waals surface area contributed by atoms with E-state index >= 15 is 4.39 Å². The third-order valence-corrected chi connectivity index (χ3v) is 9.46. The molecule has 1 aliphatic rings. The Morgan fingerprint density at radius 1 is 1.18 bits per heavy atom. The number of ether oxygens (including phenoxy) is 1. The van der Waals surface area contributed by atoms with Crippen LogP contribution in [0.3, 0.4) is 0 Å². The molecule has 3 aromatic heterocycles. The van der Waals surface area contributed by atoms with E-state index in [0.717, 1.165) is 27.1 Å². The Labute approximate surface area is 286 Å². The van der Waals surface area contributed by atoms with E-state index in [1.807, 2.05) is 0 Å². The number of hydrogen-bond acceptors (Lipinski definition) is 14. The normalized spacial score (nSPS) is 20.7. The number of benzene rings is 1. The van der Waals surface area contributed by atoms with Crippen LogP contribution in [0, 0.1) is 0 Å². The zero-order chi connectivity index (χ0) is 36.8. The highest BCUT2D eigenvalue weighted by Gasteiger charge is 2.48. The van der Waals surface area contributed by atoms with Crippen LogP contribution in [0.5, 0.6) is 5.88 Å². The number of amides is 1. The molecular formula is C29H34BF4N7O8S. The van der Waals surface area contributed by atoms with Crippen LogP contribution in [0.1, 0.15) is 54.9 Å². The van der Waals surface area contributed by atoms with Gasteiger partial charge in [0.1, 0.15) is 11.7 Å². The van der Waals surface area contributed by atoms with Crippen molar-refractivity contribution < 1.29 is 57.1 Å². The second-order valence-electron chi connectivity index (χ2n) is 11.8. The number of aliphatic hydroxyl groups is 5. The van der Waals surface area contributed by atoms with Crippen molar-refractivity contribution in [2.75, 3.05) is 5.32 Å². The molecule has 21 heteroatoms. The maximum atomic E-state index is 16.0. The summed E-state index contributed by atoms with van der Waals surface area (Å²) in [6.45, 7) is 3.07. The number of aryl methyl sites for hydroxylation is 1. The van der Waals surface area contributed by atoms with Crippen molar-refractivity contribution >= 4 is 40.9 Å². The third-order valence-electron chi connectivity index (χ3n) is 8.18. The number of aromatic nitrogens is 4. The van der Waals surface area contributed by atoms with Gasteiger partial charge in [-0.2, -0.15) is 18.2 Å². The average molecular weight is 728 g/mol. The Hall–Kier alpha value is -3.86. The maximum Gasteiger partial charge on any atom is 0.454 e. The topological polar surface area (TPSA) is 211 Å². The second kappa shape index (κ2) is 14.0. The van der Waals surface area contributed by atoms with Crippen molar-refractivity contribution in [2.45, 2.75) is 88.5 Å². The van der Waals surface area contributed by atoms with Crippen molar-refractivity contribution in [3.63, 3.8) is 0 Å². The van der Waals surface area contributed by atoms with Gasteiger partial charge in [-0.05, 0) is 36.3 Å². The number of rotatable bonds is 12. The summed E-state index contributed by atoms with van der Waals surface area (Å²) in [5.41, 5.74) is -0.103. The van der Waals surface area contributed by atoms with E-state index in [1.54, 1.807) is 19.9 Å². The molecule has 0 saturated carbocycles. The lowest BCUT2D eigenvalue weighted by Crippen LogP contribution is -2.67. The smallest absolute Gasteiger partial charge is 0.396 e. The molecule has 2 radical (unpaired) electrons. The lowest BCUT2D eigenvalue weighted by atomic mass is 9.83. The van der Waals surface area contributed by atoms with Crippen molar-refractivity contribution in [3.05, 3.63) is 41.4 Å². The molecule has 1 amide bonds. The van der Waals surface area contributed by atoms with Crippen molar-refractivity contribution in [2.24, 2.45) is 7.05 Å². The minimum atomic E-state index is -4.63. The number of alkyl halides is 4. The van der Waals surface area contributed by atoms with Crippen LogP contribution in [-0.4, -0.2) is 107 Å². The van der Waals surface area contributed by atoms with Gasteiger partial charge in [-0.3, -0.25) is 14.4 Å². The van der Waals surface area contributed by atoms with Gasteiger partial charge in [0.05, 0.1) is 34.3 Å². The van der Waals surface area contributed by atoms with Crippen molar-refractivity contribution in [1.29, 1.82) is 0 Å². The largest absolute Gasteiger partial charge is 0.454 e. The van der Waals surface area contributed by atoms with Crippen LogP contribution in [0.25, 0.3) is 20.8 Å². The van der Waals surface area contributed by atoms with E-state index in [9.17, 15) is 28.2 Å². The number of piperidine rings is 1. The van der Waals surface area contributed by atoms with Crippen molar-refractivity contribution in [1.82, 2.24) is 30.1 Å². The van der Waals surface area contributed by atoms with E-state index < -0.39 is 67.2 Å². The fraction of sp³-hybridized carbons (Fsp3) is 0.517. The molecule has 1 aromatic carbocycles. The Morgan fingerprint density at radius 2 is 1.90 bits per heavy atom. The summed E-state index contributed by atoms with van der Waals surface area (Å²) in [6, 6.07) is 2.30. The number of likely N-dealkylation sites (tertiary alicyclic amines) is 1. The highest BCUT2D eigenvalue weighted by molar-refractivity contribution is 7.23. The first-order chi connectivity index (χ1) is 23.3. The Morgan fingerprint density at radius 3 is 2.52 bits per heavy atom. The number of anilines is 1. The molecule has 50 heavy (non-hydrogen) atoms. The van der Waals surface area contributed by atoms with E-state index in [4.69, 9.17) is 27.7 Å². The molecule has 4 aromatic rings. The molecule has 5 rings (SSSR count). The summed E-state index contributed by atoms with van der Waals surface area (Å²) in [7, 11) is 6.97. The molecule has 15 nitrogen and oxygen atoms in total. The molecule has 4 unspecified atom stereocenters. The van der Waals surface area contributed by atoms with Crippen LogP contribution < -0.4 is 15.4 Å². The van der Waals surface area contributed by atoms with E-state index in [0.29, 0.717) is 16.8 Å². The van der Waals surface area contributed by atoms with E-state index in [1.165, 1.54) is 19.2 Å². The van der Waals surface area contributed by atoms with Crippen LogP contribution in [0.15, 0.2) is 28.9 Å². The summed E-state index contributed by atoms with van der Waals surface area (Å²) >= 11 is 0.930. The predicted octanol–water partition coefficient (Wildman–Crippen LogP) is 1.83. The van der Waals surface area contributed by atoms with E-state index in [-0.39, 0.29) is 45.9 Å². The second-order valence-corrected chi connectivity index (χ2v) is 12.9. The molecule has 1 saturated heterocycles. The maximum absolute atomic E-state index is 16.0.